The summed E-state index contributed by atoms with van der Waals surface area (Å²) in [5.41, 5.74) is 0.488. The zero-order valence-corrected chi connectivity index (χ0v) is 11.6. The number of halogens is 1. The number of hydrogen-bond acceptors (Lipinski definition) is 4. The first-order chi connectivity index (χ1) is 8.99. The third kappa shape index (κ3) is 3.43. The van der Waals surface area contributed by atoms with Crippen molar-refractivity contribution in [1.29, 1.82) is 0 Å². The second kappa shape index (κ2) is 5.55. The Morgan fingerprint density at radius 3 is 2.74 bits per heavy atom. The van der Waals surface area contributed by atoms with Gasteiger partial charge in [-0.25, -0.2) is 9.97 Å². The lowest BCUT2D eigenvalue weighted by Crippen LogP contribution is -2.31. The zero-order chi connectivity index (χ0) is 13.9. The highest BCUT2D eigenvalue weighted by Gasteiger charge is 2.25. The summed E-state index contributed by atoms with van der Waals surface area (Å²) in [6, 6.07) is 9.09. The Kier molecular flexibility index (Phi) is 4.02. The molecule has 0 saturated heterocycles. The van der Waals surface area contributed by atoms with Gasteiger partial charge in [0.15, 0.2) is 0 Å². The number of nitrogens with one attached hydrogen (secondary N) is 1. The predicted molar refractivity (Wildman–Crippen MR) is 76.3 cm³/mol. The fourth-order valence-corrected chi connectivity index (χ4v) is 2.15. The van der Waals surface area contributed by atoms with Crippen LogP contribution in [-0.2, 0) is 5.60 Å². The molecule has 0 aliphatic carbocycles. The number of aliphatic hydroxyl groups is 1. The summed E-state index contributed by atoms with van der Waals surface area (Å²) in [6.45, 7) is 3.92. The molecule has 0 aliphatic heterocycles. The number of nitrogens with zero attached hydrogens (tertiary/aromatic N) is 2. The minimum atomic E-state index is -1.07. The SMILES string of the molecule is Cc1cc(NCC(C)(O)c2ccccc2Cl)ncn1. The summed E-state index contributed by atoms with van der Waals surface area (Å²) in [4.78, 5) is 8.11. The molecule has 0 spiro atoms. The van der Waals surface area contributed by atoms with E-state index >= 15 is 0 Å². The molecule has 0 aliphatic rings. The summed E-state index contributed by atoms with van der Waals surface area (Å²) < 4.78 is 0. The summed E-state index contributed by atoms with van der Waals surface area (Å²) in [5.74, 6) is 0.680. The molecule has 0 bridgehead atoms. The molecule has 1 heterocycles. The van der Waals surface area contributed by atoms with Gasteiger partial charge in [0.2, 0.25) is 0 Å². The van der Waals surface area contributed by atoms with E-state index in [2.05, 4.69) is 15.3 Å². The number of aryl methyl sites for hydroxylation is 1. The lowest BCUT2D eigenvalue weighted by atomic mass is 9.96. The van der Waals surface area contributed by atoms with Crippen molar-refractivity contribution in [3.8, 4) is 0 Å². The lowest BCUT2D eigenvalue weighted by Gasteiger charge is -2.25. The molecule has 5 heteroatoms. The van der Waals surface area contributed by atoms with Crippen molar-refractivity contribution in [3.63, 3.8) is 0 Å². The summed E-state index contributed by atoms with van der Waals surface area (Å²) in [5, 5.41) is 14.1. The highest BCUT2D eigenvalue weighted by Crippen LogP contribution is 2.27. The second-order valence-corrected chi connectivity index (χ2v) is 5.06. The van der Waals surface area contributed by atoms with Crippen LogP contribution >= 0.6 is 11.6 Å². The Balaban J connectivity index is 2.12. The number of anilines is 1. The largest absolute Gasteiger partial charge is 0.384 e. The van der Waals surface area contributed by atoms with Crippen molar-refractivity contribution in [2.45, 2.75) is 19.4 Å². The first-order valence-corrected chi connectivity index (χ1v) is 6.37. The maximum Gasteiger partial charge on any atom is 0.129 e. The van der Waals surface area contributed by atoms with Crippen molar-refractivity contribution < 1.29 is 5.11 Å². The van der Waals surface area contributed by atoms with Crippen molar-refractivity contribution in [3.05, 3.63) is 52.9 Å². The summed E-state index contributed by atoms with van der Waals surface area (Å²) >= 11 is 6.10. The van der Waals surface area contributed by atoms with Crippen molar-refractivity contribution in [2.24, 2.45) is 0 Å². The maximum atomic E-state index is 10.5. The molecule has 4 nitrogen and oxygen atoms in total. The van der Waals surface area contributed by atoms with Crippen LogP contribution in [0.15, 0.2) is 36.7 Å². The van der Waals surface area contributed by atoms with Crippen LogP contribution in [0.3, 0.4) is 0 Å². The number of hydrogen-bond donors (Lipinski definition) is 2. The molecule has 1 atom stereocenters. The van der Waals surface area contributed by atoms with Crippen LogP contribution in [0.5, 0.6) is 0 Å². The van der Waals surface area contributed by atoms with E-state index in [9.17, 15) is 5.11 Å². The van der Waals surface area contributed by atoms with E-state index < -0.39 is 5.60 Å². The third-order valence-electron chi connectivity index (χ3n) is 2.87. The number of benzene rings is 1. The van der Waals surface area contributed by atoms with Gasteiger partial charge in [-0.1, -0.05) is 29.8 Å². The number of aromatic nitrogens is 2. The molecule has 1 aromatic carbocycles. The molecule has 0 fully saturated rings. The first-order valence-electron chi connectivity index (χ1n) is 5.99. The zero-order valence-electron chi connectivity index (χ0n) is 10.9. The summed E-state index contributed by atoms with van der Waals surface area (Å²) in [6.07, 6.45) is 1.49. The fraction of sp³-hybridized carbons (Fsp3) is 0.286. The van der Waals surface area contributed by atoms with Crippen LogP contribution in [0.25, 0.3) is 0 Å². The van der Waals surface area contributed by atoms with Crippen molar-refractivity contribution in [2.75, 3.05) is 11.9 Å². The minimum Gasteiger partial charge on any atom is -0.384 e. The third-order valence-corrected chi connectivity index (χ3v) is 3.20. The van der Waals surface area contributed by atoms with Crippen molar-refractivity contribution in [1.82, 2.24) is 9.97 Å². The van der Waals surface area contributed by atoms with Crippen LogP contribution < -0.4 is 5.32 Å². The van der Waals surface area contributed by atoms with Gasteiger partial charge in [0.25, 0.3) is 0 Å². The normalized spacial score (nSPS) is 13.9. The smallest absolute Gasteiger partial charge is 0.129 e. The van der Waals surface area contributed by atoms with Gasteiger partial charge in [-0.15, -0.1) is 0 Å². The Bertz CT molecular complexity index is 572. The highest BCUT2D eigenvalue weighted by molar-refractivity contribution is 6.31. The molecule has 2 N–H and O–H groups in total. The molecular formula is C14H16ClN3O. The number of rotatable bonds is 4. The topological polar surface area (TPSA) is 58.0 Å². The monoisotopic (exact) mass is 277 g/mol. The van der Waals surface area contributed by atoms with E-state index in [1.165, 1.54) is 6.33 Å². The van der Waals surface area contributed by atoms with Gasteiger partial charge >= 0.3 is 0 Å². The van der Waals surface area contributed by atoms with E-state index in [-0.39, 0.29) is 0 Å². The van der Waals surface area contributed by atoms with Crippen LogP contribution in [0.2, 0.25) is 5.02 Å². The lowest BCUT2D eigenvalue weighted by molar-refractivity contribution is 0.0715. The van der Waals surface area contributed by atoms with Gasteiger partial charge in [0, 0.05) is 28.9 Å². The Morgan fingerprint density at radius 1 is 1.32 bits per heavy atom. The van der Waals surface area contributed by atoms with E-state index in [0.717, 1.165) is 5.69 Å². The average molecular weight is 278 g/mol. The quantitative estimate of drug-likeness (QED) is 0.902. The van der Waals surface area contributed by atoms with E-state index in [4.69, 9.17) is 11.6 Å². The van der Waals surface area contributed by atoms with E-state index in [1.807, 2.05) is 31.2 Å². The Morgan fingerprint density at radius 2 is 2.05 bits per heavy atom. The van der Waals surface area contributed by atoms with E-state index in [0.29, 0.717) is 22.9 Å². The molecule has 2 rings (SSSR count). The molecule has 2 aromatic rings. The molecule has 0 saturated carbocycles. The standard InChI is InChI=1S/C14H16ClN3O/c1-10-7-13(18-9-17-10)16-8-14(2,19)11-5-3-4-6-12(11)15/h3-7,9,19H,8H2,1-2H3,(H,16,17,18). The van der Waals surface area contributed by atoms with Crippen LogP contribution in [-0.4, -0.2) is 21.6 Å². The van der Waals surface area contributed by atoms with E-state index in [1.54, 1.807) is 13.0 Å². The summed E-state index contributed by atoms with van der Waals surface area (Å²) in [7, 11) is 0. The molecule has 1 unspecified atom stereocenters. The van der Waals surface area contributed by atoms with Gasteiger partial charge in [-0.3, -0.25) is 0 Å². The van der Waals surface area contributed by atoms with Gasteiger partial charge in [0.1, 0.15) is 17.7 Å². The molecule has 0 radical (unpaired) electrons. The molecule has 1 aromatic heterocycles. The first kappa shape index (κ1) is 13.8. The Labute approximate surface area is 117 Å². The van der Waals surface area contributed by atoms with Crippen molar-refractivity contribution >= 4 is 17.4 Å². The van der Waals surface area contributed by atoms with Gasteiger partial charge in [-0.05, 0) is 19.9 Å². The van der Waals surface area contributed by atoms with Gasteiger partial charge < -0.3 is 10.4 Å². The molecule has 19 heavy (non-hydrogen) atoms. The maximum absolute atomic E-state index is 10.5. The highest BCUT2D eigenvalue weighted by atomic mass is 35.5. The van der Waals surface area contributed by atoms with Crippen LogP contribution in [0.4, 0.5) is 5.82 Å². The Hall–Kier alpha value is -1.65. The average Bonchev–Trinajstić information content (AvgIpc) is 2.37. The minimum absolute atomic E-state index is 0.313. The molecular weight excluding hydrogens is 262 g/mol. The predicted octanol–water partition coefficient (Wildman–Crippen LogP) is 2.76. The van der Waals surface area contributed by atoms with Crippen LogP contribution in [0, 0.1) is 6.92 Å². The fourth-order valence-electron chi connectivity index (χ4n) is 1.81. The second-order valence-electron chi connectivity index (χ2n) is 4.65. The van der Waals surface area contributed by atoms with Crippen LogP contribution in [0.1, 0.15) is 18.2 Å². The molecule has 100 valence electrons. The molecule has 0 amide bonds. The van der Waals surface area contributed by atoms with Gasteiger partial charge in [-0.2, -0.15) is 0 Å². The van der Waals surface area contributed by atoms with Gasteiger partial charge in [0.05, 0.1) is 0 Å².